The largest absolute Gasteiger partial charge is 0.462 e. The Bertz CT molecular complexity index is 1160. The summed E-state index contributed by atoms with van der Waals surface area (Å²) in [5.74, 6) is -0.929. The third-order valence-electron chi connectivity index (χ3n) is 12.0. The van der Waals surface area contributed by atoms with E-state index in [2.05, 4.69) is 26.0 Å². The maximum atomic E-state index is 12.9. The van der Waals surface area contributed by atoms with Crippen molar-refractivity contribution in [2.45, 2.75) is 255 Å². The van der Waals surface area contributed by atoms with E-state index in [4.69, 9.17) is 28.4 Å². The monoisotopic (exact) mass is 905 g/mol. The molecule has 63 heavy (non-hydrogen) atoms. The van der Waals surface area contributed by atoms with Crippen LogP contribution in [0.5, 0.6) is 0 Å². The molecule has 0 saturated carbocycles. The average molecular weight is 905 g/mol. The van der Waals surface area contributed by atoms with Gasteiger partial charge in [0, 0.05) is 12.8 Å². The number of hydrogen-bond acceptors (Lipinski definition) is 15. The quantitative estimate of drug-likeness (QED) is 0.0208. The second kappa shape index (κ2) is 36.4. The van der Waals surface area contributed by atoms with Gasteiger partial charge in [0.25, 0.3) is 0 Å². The first-order valence-electron chi connectivity index (χ1n) is 24.8. The fraction of sp³-hybridized carbons (Fsp3) is 0.917. The summed E-state index contributed by atoms with van der Waals surface area (Å²) in [6, 6.07) is 0. The van der Waals surface area contributed by atoms with E-state index in [9.17, 15) is 45.3 Å². The molecule has 15 nitrogen and oxygen atoms in total. The van der Waals surface area contributed by atoms with Crippen molar-refractivity contribution in [1.82, 2.24) is 0 Å². The number of unbranched alkanes of at least 4 members (excludes halogenated alkanes) is 22. The van der Waals surface area contributed by atoms with Crippen LogP contribution in [0.25, 0.3) is 0 Å². The first-order valence-corrected chi connectivity index (χ1v) is 24.8. The molecule has 2 fully saturated rings. The van der Waals surface area contributed by atoms with E-state index in [1.54, 1.807) is 0 Å². The smallest absolute Gasteiger partial charge is 0.306 e. The summed E-state index contributed by atoms with van der Waals surface area (Å²) in [4.78, 5) is 25.7. The predicted molar refractivity (Wildman–Crippen MR) is 238 cm³/mol. The Hall–Kier alpha value is -1.76. The second-order valence-electron chi connectivity index (χ2n) is 17.6. The van der Waals surface area contributed by atoms with Gasteiger partial charge in [0.1, 0.15) is 55.4 Å². The lowest BCUT2D eigenvalue weighted by Gasteiger charge is -2.42. The van der Waals surface area contributed by atoms with Crippen molar-refractivity contribution in [1.29, 1.82) is 0 Å². The molecule has 0 radical (unpaired) electrons. The highest BCUT2D eigenvalue weighted by Crippen LogP contribution is 2.26. The van der Waals surface area contributed by atoms with Gasteiger partial charge >= 0.3 is 11.9 Å². The van der Waals surface area contributed by atoms with Crippen molar-refractivity contribution >= 4 is 11.9 Å². The average Bonchev–Trinajstić information content (AvgIpc) is 3.28. The maximum Gasteiger partial charge on any atom is 0.306 e. The first kappa shape index (κ1) is 57.4. The van der Waals surface area contributed by atoms with Gasteiger partial charge in [-0.3, -0.25) is 9.59 Å². The molecule has 7 N–H and O–H groups in total. The molecule has 370 valence electrons. The Balaban J connectivity index is 1.81. The standard InChI is InChI=1S/C48H88O15/c1-3-5-7-9-11-13-15-16-17-18-19-21-22-24-26-28-30-39(50)58-33-36(61-40(51)31-29-27-25-23-20-14-12-10-8-6-4-2)34-59-47-46(57)44(55)42(53)38(63-47)35-60-48-45(56)43(54)41(52)37(32-49)62-48/h10,12,36-38,41-49,52-57H,3-9,11,13-35H2,1-2H3/b12-10+/t36-,37+,38+,41-,42-,43?,44?,45?,46?,47+,48+/m0/s1. The van der Waals surface area contributed by atoms with Crippen LogP contribution in [0.2, 0.25) is 0 Å². The molecule has 2 aliphatic rings. The van der Waals surface area contributed by atoms with E-state index in [0.717, 1.165) is 57.8 Å². The number of hydrogen-bond donors (Lipinski definition) is 7. The topological polar surface area (TPSA) is 231 Å². The zero-order chi connectivity index (χ0) is 46.1. The third-order valence-corrected chi connectivity index (χ3v) is 12.0. The highest BCUT2D eigenvalue weighted by atomic mass is 16.7. The van der Waals surface area contributed by atoms with E-state index in [1.807, 2.05) is 0 Å². The second-order valence-corrected chi connectivity index (χ2v) is 17.6. The van der Waals surface area contributed by atoms with Gasteiger partial charge in [0.15, 0.2) is 18.7 Å². The fourth-order valence-corrected chi connectivity index (χ4v) is 7.84. The number of aliphatic hydroxyl groups excluding tert-OH is 7. The molecule has 11 atom stereocenters. The molecule has 15 heteroatoms. The van der Waals surface area contributed by atoms with Crippen molar-refractivity contribution in [2.24, 2.45) is 0 Å². The summed E-state index contributed by atoms with van der Waals surface area (Å²) >= 11 is 0. The summed E-state index contributed by atoms with van der Waals surface area (Å²) in [6.07, 6.45) is 16.8. The SMILES string of the molecule is CCCC/C=C/CCCCCCCC(=O)O[C@@H](COC(=O)CCCCCCCCCCCCCCCCCC)CO[C@@H]1O[C@H](CO[C@@H]2O[C@H](CO)[C@H](O)C(O)C2O)[C@H](O)C(O)C1O. The van der Waals surface area contributed by atoms with Crippen molar-refractivity contribution in [3.05, 3.63) is 12.2 Å². The number of carbonyl (C=O) groups is 2. The van der Waals surface area contributed by atoms with Crippen molar-refractivity contribution < 1.29 is 73.8 Å². The summed E-state index contributed by atoms with van der Waals surface area (Å²) in [5.41, 5.74) is 0. The lowest BCUT2D eigenvalue weighted by atomic mass is 9.98. The van der Waals surface area contributed by atoms with Crippen LogP contribution in [0.15, 0.2) is 12.2 Å². The third kappa shape index (κ3) is 25.1. The molecule has 2 aliphatic heterocycles. The van der Waals surface area contributed by atoms with Gasteiger partial charge in [0.05, 0.1) is 19.8 Å². The minimum absolute atomic E-state index is 0.158. The molecule has 0 spiro atoms. The molecule has 0 aromatic heterocycles. The Morgan fingerprint density at radius 2 is 0.921 bits per heavy atom. The summed E-state index contributed by atoms with van der Waals surface area (Å²) < 4.78 is 33.5. The molecule has 2 rings (SSSR count). The van der Waals surface area contributed by atoms with Gasteiger partial charge in [-0.15, -0.1) is 0 Å². The van der Waals surface area contributed by atoms with Crippen LogP contribution < -0.4 is 0 Å². The Kier molecular flexibility index (Phi) is 33.1. The van der Waals surface area contributed by atoms with Gasteiger partial charge in [0.2, 0.25) is 0 Å². The lowest BCUT2D eigenvalue weighted by Crippen LogP contribution is -2.61. The van der Waals surface area contributed by atoms with E-state index in [1.165, 1.54) is 89.9 Å². The molecule has 2 saturated heterocycles. The van der Waals surface area contributed by atoms with Crippen molar-refractivity contribution in [3.63, 3.8) is 0 Å². The van der Waals surface area contributed by atoms with Gasteiger partial charge in [-0.1, -0.05) is 154 Å². The number of ether oxygens (including phenoxy) is 6. The van der Waals surface area contributed by atoms with E-state index >= 15 is 0 Å². The minimum Gasteiger partial charge on any atom is -0.462 e. The van der Waals surface area contributed by atoms with Gasteiger partial charge in [-0.2, -0.15) is 0 Å². The van der Waals surface area contributed by atoms with Crippen molar-refractivity contribution in [3.8, 4) is 0 Å². The van der Waals surface area contributed by atoms with Gasteiger partial charge in [-0.25, -0.2) is 0 Å². The molecular formula is C48H88O15. The zero-order valence-corrected chi connectivity index (χ0v) is 38.8. The van der Waals surface area contributed by atoms with Gasteiger partial charge in [-0.05, 0) is 32.1 Å². The van der Waals surface area contributed by atoms with Crippen LogP contribution in [0.4, 0.5) is 0 Å². The molecule has 0 aromatic rings. The van der Waals surface area contributed by atoms with Crippen LogP contribution in [0.3, 0.4) is 0 Å². The Labute approximate surface area is 378 Å². The van der Waals surface area contributed by atoms with Crippen LogP contribution in [-0.2, 0) is 38.0 Å². The van der Waals surface area contributed by atoms with Crippen LogP contribution in [0, 0.1) is 0 Å². The highest BCUT2D eigenvalue weighted by Gasteiger charge is 2.47. The number of esters is 2. The molecule has 2 heterocycles. The minimum atomic E-state index is -1.76. The molecule has 0 bridgehead atoms. The number of allylic oxidation sites excluding steroid dienone is 2. The molecule has 0 aromatic carbocycles. The fourth-order valence-electron chi connectivity index (χ4n) is 7.84. The van der Waals surface area contributed by atoms with E-state index in [0.29, 0.717) is 12.8 Å². The molecule has 0 aliphatic carbocycles. The summed E-state index contributed by atoms with van der Waals surface area (Å²) in [7, 11) is 0. The predicted octanol–water partition coefficient (Wildman–Crippen LogP) is 6.21. The molecular weight excluding hydrogens is 817 g/mol. The van der Waals surface area contributed by atoms with Gasteiger partial charge < -0.3 is 64.2 Å². The molecule has 4 unspecified atom stereocenters. The Morgan fingerprint density at radius 3 is 1.44 bits per heavy atom. The van der Waals surface area contributed by atoms with Crippen LogP contribution in [-0.4, -0.2) is 142 Å². The van der Waals surface area contributed by atoms with E-state index < -0.39 is 92.7 Å². The molecule has 0 amide bonds. The summed E-state index contributed by atoms with van der Waals surface area (Å²) in [5, 5.41) is 71.9. The zero-order valence-electron chi connectivity index (χ0n) is 38.8. The normalized spacial score (nSPS) is 26.9. The van der Waals surface area contributed by atoms with Crippen LogP contribution >= 0.6 is 0 Å². The Morgan fingerprint density at radius 1 is 0.492 bits per heavy atom. The van der Waals surface area contributed by atoms with Crippen LogP contribution in [0.1, 0.15) is 187 Å². The summed E-state index contributed by atoms with van der Waals surface area (Å²) in [6.45, 7) is 2.55. The lowest BCUT2D eigenvalue weighted by molar-refractivity contribution is -0.332. The van der Waals surface area contributed by atoms with E-state index in [-0.39, 0.29) is 26.1 Å². The number of rotatable bonds is 38. The van der Waals surface area contributed by atoms with Crippen molar-refractivity contribution in [2.75, 3.05) is 26.4 Å². The first-order chi connectivity index (χ1) is 30.5. The number of carbonyl (C=O) groups excluding carboxylic acids is 2. The highest BCUT2D eigenvalue weighted by molar-refractivity contribution is 5.70. The maximum absolute atomic E-state index is 12.9. The number of aliphatic hydroxyl groups is 7.